The van der Waals surface area contributed by atoms with Crippen LogP contribution in [0.2, 0.25) is 0 Å². The van der Waals surface area contributed by atoms with E-state index in [2.05, 4.69) is 21.3 Å². The van der Waals surface area contributed by atoms with Gasteiger partial charge in [-0.15, -0.1) is 0 Å². The van der Waals surface area contributed by atoms with E-state index < -0.39 is 6.09 Å². The molecule has 2 aromatic carbocycles. The number of ether oxygens (including phenoxy) is 2. The molecular formula is C25H24N4O3. The van der Waals surface area contributed by atoms with E-state index in [1.807, 2.05) is 50.2 Å². The molecular weight excluding hydrogens is 404 g/mol. The molecule has 0 saturated carbocycles. The fourth-order valence-electron chi connectivity index (χ4n) is 3.68. The average Bonchev–Trinajstić information content (AvgIpc) is 2.81. The van der Waals surface area contributed by atoms with Crippen LogP contribution in [0.4, 0.5) is 16.3 Å². The molecule has 0 aliphatic carbocycles. The zero-order chi connectivity index (χ0) is 22.5. The van der Waals surface area contributed by atoms with Gasteiger partial charge >= 0.3 is 6.09 Å². The molecule has 1 aromatic heterocycles. The Bertz CT molecular complexity index is 1140. The van der Waals surface area contributed by atoms with Crippen molar-refractivity contribution in [3.8, 4) is 22.9 Å². The van der Waals surface area contributed by atoms with Crippen molar-refractivity contribution < 1.29 is 14.3 Å². The molecule has 0 radical (unpaired) electrons. The Morgan fingerprint density at radius 1 is 1.22 bits per heavy atom. The number of amides is 1. The van der Waals surface area contributed by atoms with Gasteiger partial charge in [-0.3, -0.25) is 5.32 Å². The normalized spacial score (nSPS) is 15.7. The highest BCUT2D eigenvalue weighted by molar-refractivity contribution is 5.87. The Balaban J connectivity index is 1.42. The number of rotatable bonds is 4. The van der Waals surface area contributed by atoms with E-state index in [0.29, 0.717) is 23.6 Å². The summed E-state index contributed by atoms with van der Waals surface area (Å²) in [5.41, 5.74) is 3.87. The molecule has 1 saturated heterocycles. The van der Waals surface area contributed by atoms with Crippen molar-refractivity contribution in [2.75, 3.05) is 29.9 Å². The summed E-state index contributed by atoms with van der Waals surface area (Å²) < 4.78 is 11.1. The number of morpholine rings is 1. The van der Waals surface area contributed by atoms with Gasteiger partial charge in [-0.2, -0.15) is 5.26 Å². The van der Waals surface area contributed by atoms with Crippen molar-refractivity contribution in [2.24, 2.45) is 0 Å². The molecule has 2 heterocycles. The van der Waals surface area contributed by atoms with Crippen LogP contribution < -0.4 is 15.0 Å². The number of nitrogens with one attached hydrogen (secondary N) is 1. The van der Waals surface area contributed by atoms with Crippen molar-refractivity contribution in [3.05, 3.63) is 71.9 Å². The molecule has 1 fully saturated rings. The maximum Gasteiger partial charge on any atom is 0.417 e. The monoisotopic (exact) mass is 428 g/mol. The number of nitriles is 1. The number of carbonyl (C=O) groups is 1. The van der Waals surface area contributed by atoms with Crippen molar-refractivity contribution >= 4 is 17.6 Å². The van der Waals surface area contributed by atoms with Gasteiger partial charge in [0.25, 0.3) is 0 Å². The van der Waals surface area contributed by atoms with Crippen LogP contribution in [-0.4, -0.2) is 36.9 Å². The third-order valence-electron chi connectivity index (χ3n) is 5.37. The predicted molar refractivity (Wildman–Crippen MR) is 123 cm³/mol. The van der Waals surface area contributed by atoms with Gasteiger partial charge in [-0.25, -0.2) is 9.78 Å². The molecule has 1 amide bonds. The van der Waals surface area contributed by atoms with Crippen molar-refractivity contribution in [1.29, 1.82) is 5.26 Å². The summed E-state index contributed by atoms with van der Waals surface area (Å²) in [7, 11) is 0. The molecule has 0 bridgehead atoms. The maximum atomic E-state index is 12.5. The van der Waals surface area contributed by atoms with E-state index in [1.54, 1.807) is 24.4 Å². The van der Waals surface area contributed by atoms with Crippen LogP contribution >= 0.6 is 0 Å². The molecule has 162 valence electrons. The minimum absolute atomic E-state index is 0.168. The molecule has 7 nitrogen and oxygen atoms in total. The molecule has 1 aliphatic heterocycles. The minimum atomic E-state index is -0.584. The number of nitrogens with zero attached hydrogens (tertiary/aromatic N) is 3. The zero-order valence-electron chi connectivity index (χ0n) is 18.0. The van der Waals surface area contributed by atoms with Crippen molar-refractivity contribution in [2.45, 2.75) is 20.0 Å². The van der Waals surface area contributed by atoms with E-state index in [-0.39, 0.29) is 6.10 Å². The highest BCUT2D eigenvalue weighted by Crippen LogP contribution is 2.30. The Morgan fingerprint density at radius 2 is 2.03 bits per heavy atom. The lowest BCUT2D eigenvalue weighted by Crippen LogP contribution is -2.41. The van der Waals surface area contributed by atoms with Gasteiger partial charge in [0.15, 0.2) is 0 Å². The summed E-state index contributed by atoms with van der Waals surface area (Å²) in [6.07, 6.45) is 1.21. The summed E-state index contributed by atoms with van der Waals surface area (Å²) >= 11 is 0. The average molecular weight is 428 g/mol. The topological polar surface area (TPSA) is 87.5 Å². The number of pyridine rings is 1. The molecule has 1 unspecified atom stereocenters. The van der Waals surface area contributed by atoms with Gasteiger partial charge in [0.1, 0.15) is 11.6 Å². The van der Waals surface area contributed by atoms with Gasteiger partial charge in [0, 0.05) is 13.1 Å². The summed E-state index contributed by atoms with van der Waals surface area (Å²) in [6, 6.07) is 18.6. The van der Waals surface area contributed by atoms with Crippen LogP contribution in [0.25, 0.3) is 11.1 Å². The largest absolute Gasteiger partial charge is 0.417 e. The first-order chi connectivity index (χ1) is 15.5. The SMILES string of the molecule is Cc1c(OC(=O)Nc2ccc(N3CCOC(C)C3)nc2)cccc1-c1ccc(C#N)cc1. The van der Waals surface area contributed by atoms with Crippen LogP contribution in [0.15, 0.2) is 60.8 Å². The van der Waals surface area contributed by atoms with E-state index in [0.717, 1.165) is 35.6 Å². The number of carbonyl (C=O) groups excluding carboxylic acids is 1. The molecule has 3 aromatic rings. The fourth-order valence-corrected chi connectivity index (χ4v) is 3.68. The number of aromatic nitrogens is 1. The van der Waals surface area contributed by atoms with Crippen LogP contribution in [0, 0.1) is 18.3 Å². The second-order valence-electron chi connectivity index (χ2n) is 7.66. The molecule has 1 aliphatic rings. The standard InChI is InChI=1S/C25H24N4O3/c1-17-16-29(12-13-31-17)24-11-10-21(15-27-24)28-25(30)32-23-5-3-4-22(18(23)2)20-8-6-19(14-26)7-9-20/h3-11,15,17H,12-13,16H2,1-2H3,(H,28,30). The second kappa shape index (κ2) is 9.50. The lowest BCUT2D eigenvalue weighted by atomic mass is 9.99. The fraction of sp³-hybridized carbons (Fsp3) is 0.240. The van der Waals surface area contributed by atoms with Crippen LogP contribution in [0.5, 0.6) is 5.75 Å². The Labute approximate surface area is 187 Å². The minimum Gasteiger partial charge on any atom is -0.410 e. The van der Waals surface area contributed by atoms with Crippen LogP contribution in [0.3, 0.4) is 0 Å². The number of hydrogen-bond donors (Lipinski definition) is 1. The third kappa shape index (κ3) is 4.88. The maximum absolute atomic E-state index is 12.5. The van der Waals surface area contributed by atoms with Gasteiger partial charge in [0.2, 0.25) is 0 Å². The van der Waals surface area contributed by atoms with Gasteiger partial charge in [-0.1, -0.05) is 24.3 Å². The molecule has 32 heavy (non-hydrogen) atoms. The first kappa shape index (κ1) is 21.3. The summed E-state index contributed by atoms with van der Waals surface area (Å²) in [6.45, 7) is 6.19. The van der Waals surface area contributed by atoms with E-state index in [4.69, 9.17) is 14.7 Å². The predicted octanol–water partition coefficient (Wildman–Crippen LogP) is 4.76. The van der Waals surface area contributed by atoms with Crippen LogP contribution in [0.1, 0.15) is 18.1 Å². The number of anilines is 2. The van der Waals surface area contributed by atoms with Crippen LogP contribution in [-0.2, 0) is 4.74 Å². The first-order valence-corrected chi connectivity index (χ1v) is 10.4. The highest BCUT2D eigenvalue weighted by atomic mass is 16.6. The summed E-state index contributed by atoms with van der Waals surface area (Å²) in [5.74, 6) is 1.32. The molecule has 0 spiro atoms. The van der Waals surface area contributed by atoms with E-state index >= 15 is 0 Å². The molecule has 4 rings (SSSR count). The first-order valence-electron chi connectivity index (χ1n) is 10.4. The molecule has 7 heteroatoms. The lowest BCUT2D eigenvalue weighted by molar-refractivity contribution is 0.0529. The van der Waals surface area contributed by atoms with Gasteiger partial charge < -0.3 is 14.4 Å². The lowest BCUT2D eigenvalue weighted by Gasteiger charge is -2.32. The van der Waals surface area contributed by atoms with Crippen molar-refractivity contribution in [1.82, 2.24) is 4.98 Å². The molecule has 1 N–H and O–H groups in total. The summed E-state index contributed by atoms with van der Waals surface area (Å²) in [5, 5.41) is 11.7. The summed E-state index contributed by atoms with van der Waals surface area (Å²) in [4.78, 5) is 19.1. The van der Waals surface area contributed by atoms with E-state index in [9.17, 15) is 4.79 Å². The third-order valence-corrected chi connectivity index (χ3v) is 5.37. The number of benzene rings is 2. The van der Waals surface area contributed by atoms with Gasteiger partial charge in [-0.05, 0) is 60.9 Å². The second-order valence-corrected chi connectivity index (χ2v) is 7.66. The zero-order valence-corrected chi connectivity index (χ0v) is 18.0. The quantitative estimate of drug-likeness (QED) is 0.644. The smallest absolute Gasteiger partial charge is 0.410 e. The molecule has 1 atom stereocenters. The highest BCUT2D eigenvalue weighted by Gasteiger charge is 2.18. The van der Waals surface area contributed by atoms with Gasteiger partial charge in [0.05, 0.1) is 36.2 Å². The number of hydrogen-bond acceptors (Lipinski definition) is 6. The Morgan fingerprint density at radius 3 is 2.72 bits per heavy atom. The Hall–Kier alpha value is -3.89. The Kier molecular flexibility index (Phi) is 6.34. The van der Waals surface area contributed by atoms with Crippen molar-refractivity contribution in [3.63, 3.8) is 0 Å². The van der Waals surface area contributed by atoms with E-state index in [1.165, 1.54) is 0 Å².